The number of hydrogen-bond donors (Lipinski definition) is 1. The van der Waals surface area contributed by atoms with Crippen LogP contribution < -0.4 is 10.2 Å². The van der Waals surface area contributed by atoms with Gasteiger partial charge in [-0.25, -0.2) is 0 Å². The molecule has 2 rings (SSSR count). The van der Waals surface area contributed by atoms with Gasteiger partial charge in [-0.3, -0.25) is 9.59 Å². The van der Waals surface area contributed by atoms with E-state index in [0.717, 1.165) is 31.6 Å². The second kappa shape index (κ2) is 6.89. The lowest BCUT2D eigenvalue weighted by molar-refractivity contribution is -0.115. The molecule has 1 aromatic carbocycles. The van der Waals surface area contributed by atoms with Crippen molar-refractivity contribution in [2.24, 2.45) is 0 Å². The molecule has 1 heterocycles. The minimum Gasteiger partial charge on any atom is -0.372 e. The van der Waals surface area contributed by atoms with Gasteiger partial charge in [-0.2, -0.15) is 5.26 Å². The normalized spacial score (nSPS) is 14.4. The number of nitrogens with one attached hydrogen (secondary N) is 1. The number of ketones is 1. The second-order valence-electron chi connectivity index (χ2n) is 5.22. The van der Waals surface area contributed by atoms with Crippen LogP contribution in [0.1, 0.15) is 43.0 Å². The summed E-state index contributed by atoms with van der Waals surface area (Å²) < 4.78 is 0. The highest BCUT2D eigenvalue weighted by molar-refractivity contribution is 6.04. The first-order valence-corrected chi connectivity index (χ1v) is 7.18. The zero-order chi connectivity index (χ0) is 15.2. The van der Waals surface area contributed by atoms with Crippen LogP contribution in [0.5, 0.6) is 0 Å². The van der Waals surface area contributed by atoms with Crippen molar-refractivity contribution in [1.82, 2.24) is 0 Å². The van der Waals surface area contributed by atoms with Crippen LogP contribution in [-0.2, 0) is 4.79 Å². The summed E-state index contributed by atoms with van der Waals surface area (Å²) in [6, 6.07) is 7.29. The molecule has 0 unspecified atom stereocenters. The van der Waals surface area contributed by atoms with Crippen molar-refractivity contribution in [3.05, 3.63) is 23.8 Å². The Labute approximate surface area is 124 Å². The molecule has 110 valence electrons. The molecular weight excluding hydrogens is 266 g/mol. The number of Topliss-reactive ketones (excluding diaryl/α,β-unsaturated/α-hetero) is 1. The highest BCUT2D eigenvalue weighted by Gasteiger charge is 2.15. The molecule has 5 nitrogen and oxygen atoms in total. The molecule has 0 atom stereocenters. The van der Waals surface area contributed by atoms with Crippen LogP contribution in [0.3, 0.4) is 0 Å². The van der Waals surface area contributed by atoms with Crippen LogP contribution in [-0.4, -0.2) is 24.8 Å². The summed E-state index contributed by atoms with van der Waals surface area (Å²) >= 11 is 0. The molecule has 1 aliphatic heterocycles. The van der Waals surface area contributed by atoms with E-state index in [1.165, 1.54) is 13.3 Å². The zero-order valence-corrected chi connectivity index (χ0v) is 12.2. The van der Waals surface area contributed by atoms with Crippen LogP contribution in [0.15, 0.2) is 18.2 Å². The molecule has 0 spiro atoms. The molecule has 1 N–H and O–H groups in total. The van der Waals surface area contributed by atoms with Crippen molar-refractivity contribution >= 4 is 23.1 Å². The smallest absolute Gasteiger partial charge is 0.238 e. The SMILES string of the molecule is CC(=O)c1cc(N2CCCCC2)ccc1NC(=O)CC#N. The number of carbonyl (C=O) groups excluding carboxylic acids is 2. The van der Waals surface area contributed by atoms with Crippen molar-refractivity contribution in [2.45, 2.75) is 32.6 Å². The third kappa shape index (κ3) is 3.82. The van der Waals surface area contributed by atoms with Gasteiger partial charge in [0.1, 0.15) is 6.42 Å². The van der Waals surface area contributed by atoms with Crippen LogP contribution in [0.4, 0.5) is 11.4 Å². The number of carbonyl (C=O) groups is 2. The van der Waals surface area contributed by atoms with Gasteiger partial charge in [0.25, 0.3) is 0 Å². The van der Waals surface area contributed by atoms with E-state index in [1.807, 2.05) is 12.1 Å². The molecule has 0 bridgehead atoms. The Bertz CT molecular complexity index is 584. The summed E-state index contributed by atoms with van der Waals surface area (Å²) in [6.07, 6.45) is 3.36. The van der Waals surface area contributed by atoms with Crippen molar-refractivity contribution in [2.75, 3.05) is 23.3 Å². The maximum absolute atomic E-state index is 11.8. The van der Waals surface area contributed by atoms with Crippen molar-refractivity contribution in [3.63, 3.8) is 0 Å². The van der Waals surface area contributed by atoms with Crippen LogP contribution >= 0.6 is 0 Å². The van der Waals surface area contributed by atoms with E-state index in [-0.39, 0.29) is 12.2 Å². The van der Waals surface area contributed by atoms with E-state index in [9.17, 15) is 9.59 Å². The first-order valence-electron chi connectivity index (χ1n) is 7.18. The second-order valence-corrected chi connectivity index (χ2v) is 5.22. The van der Waals surface area contributed by atoms with E-state index < -0.39 is 5.91 Å². The summed E-state index contributed by atoms with van der Waals surface area (Å²) in [4.78, 5) is 25.6. The van der Waals surface area contributed by atoms with E-state index in [2.05, 4.69) is 10.2 Å². The third-order valence-electron chi connectivity index (χ3n) is 3.62. The summed E-state index contributed by atoms with van der Waals surface area (Å²) in [6.45, 7) is 3.48. The zero-order valence-electron chi connectivity index (χ0n) is 12.2. The van der Waals surface area contributed by atoms with Gasteiger partial charge in [0.05, 0.1) is 11.8 Å². The van der Waals surface area contributed by atoms with Gasteiger partial charge in [0, 0.05) is 24.3 Å². The third-order valence-corrected chi connectivity index (χ3v) is 3.62. The summed E-state index contributed by atoms with van der Waals surface area (Å²) in [5.74, 6) is -0.494. The van der Waals surface area contributed by atoms with Gasteiger partial charge >= 0.3 is 0 Å². The topological polar surface area (TPSA) is 73.2 Å². The molecule has 21 heavy (non-hydrogen) atoms. The Kier molecular flexibility index (Phi) is 4.94. The van der Waals surface area contributed by atoms with Crippen LogP contribution in [0.2, 0.25) is 0 Å². The van der Waals surface area contributed by atoms with Gasteiger partial charge in [-0.1, -0.05) is 0 Å². The molecular formula is C16H19N3O2. The van der Waals surface area contributed by atoms with E-state index in [0.29, 0.717) is 11.3 Å². The minimum absolute atomic E-state index is 0.0962. The van der Waals surface area contributed by atoms with Gasteiger partial charge in [0.2, 0.25) is 5.91 Å². The first kappa shape index (κ1) is 15.0. The monoisotopic (exact) mass is 285 g/mol. The molecule has 0 radical (unpaired) electrons. The summed E-state index contributed by atoms with van der Waals surface area (Å²) in [5.41, 5.74) is 1.98. The molecule has 1 aromatic rings. The van der Waals surface area contributed by atoms with Gasteiger partial charge in [-0.05, 0) is 44.4 Å². The maximum atomic E-state index is 11.8. The van der Waals surface area contributed by atoms with Crippen LogP contribution in [0.25, 0.3) is 0 Å². The number of rotatable bonds is 4. The lowest BCUT2D eigenvalue weighted by Gasteiger charge is -2.29. The Morgan fingerprint density at radius 3 is 2.62 bits per heavy atom. The predicted octanol–water partition coefficient (Wildman–Crippen LogP) is 2.73. The quantitative estimate of drug-likeness (QED) is 0.863. The Hall–Kier alpha value is -2.35. The number of nitrogens with zero attached hydrogens (tertiary/aromatic N) is 2. The first-order chi connectivity index (χ1) is 10.1. The molecule has 0 aromatic heterocycles. The van der Waals surface area contributed by atoms with Crippen molar-refractivity contribution in [1.29, 1.82) is 5.26 Å². The lowest BCUT2D eigenvalue weighted by Crippen LogP contribution is -2.29. The molecule has 1 aliphatic rings. The van der Waals surface area contributed by atoms with Gasteiger partial charge in [0.15, 0.2) is 5.78 Å². The number of benzene rings is 1. The highest BCUT2D eigenvalue weighted by atomic mass is 16.1. The highest BCUT2D eigenvalue weighted by Crippen LogP contribution is 2.26. The predicted molar refractivity (Wildman–Crippen MR) is 81.4 cm³/mol. The maximum Gasteiger partial charge on any atom is 0.238 e. The number of amides is 1. The average molecular weight is 285 g/mol. The molecule has 5 heteroatoms. The average Bonchev–Trinajstić information content (AvgIpc) is 2.48. The van der Waals surface area contributed by atoms with Gasteiger partial charge < -0.3 is 10.2 Å². The Balaban J connectivity index is 2.24. The molecule has 1 fully saturated rings. The van der Waals surface area contributed by atoms with Crippen LogP contribution in [0, 0.1) is 11.3 Å². The standard InChI is InChI=1S/C16H19N3O2/c1-12(20)14-11-13(19-9-3-2-4-10-19)5-6-15(14)18-16(21)7-8-17/h5-6,11H,2-4,7,9-10H2,1H3,(H,18,21). The fourth-order valence-corrected chi connectivity index (χ4v) is 2.55. The summed E-state index contributed by atoms with van der Waals surface area (Å²) in [7, 11) is 0. The minimum atomic E-state index is -0.397. The van der Waals surface area contributed by atoms with E-state index >= 15 is 0 Å². The molecule has 1 saturated heterocycles. The molecule has 0 aliphatic carbocycles. The van der Waals surface area contributed by atoms with Crippen molar-refractivity contribution in [3.8, 4) is 6.07 Å². The largest absolute Gasteiger partial charge is 0.372 e. The Morgan fingerprint density at radius 2 is 2.00 bits per heavy atom. The number of anilines is 2. The molecule has 0 saturated carbocycles. The van der Waals surface area contributed by atoms with Gasteiger partial charge in [-0.15, -0.1) is 0 Å². The number of nitriles is 1. The fraction of sp³-hybridized carbons (Fsp3) is 0.438. The lowest BCUT2D eigenvalue weighted by atomic mass is 10.1. The summed E-state index contributed by atoms with van der Waals surface area (Å²) in [5, 5.41) is 11.1. The molecule has 1 amide bonds. The van der Waals surface area contributed by atoms with E-state index in [1.54, 1.807) is 12.1 Å². The number of piperidine rings is 1. The fourth-order valence-electron chi connectivity index (χ4n) is 2.55. The van der Waals surface area contributed by atoms with E-state index in [4.69, 9.17) is 5.26 Å². The Morgan fingerprint density at radius 1 is 1.29 bits per heavy atom. The number of hydrogen-bond acceptors (Lipinski definition) is 4. The van der Waals surface area contributed by atoms with Crippen molar-refractivity contribution < 1.29 is 9.59 Å².